The number of nitrogens with zero attached hydrogens (tertiary/aromatic N) is 1. The summed E-state index contributed by atoms with van der Waals surface area (Å²) in [6, 6.07) is 7.90. The summed E-state index contributed by atoms with van der Waals surface area (Å²) >= 11 is 3.29. The van der Waals surface area contributed by atoms with Crippen LogP contribution >= 0.6 is 15.9 Å². The molecule has 0 bridgehead atoms. The van der Waals surface area contributed by atoms with E-state index in [0.29, 0.717) is 0 Å². The largest absolute Gasteiger partial charge is 0.481 e. The third-order valence-electron chi connectivity index (χ3n) is 2.66. The first-order valence-electron chi connectivity index (χ1n) is 5.85. The molecule has 2 N–H and O–H groups in total. The average Bonchev–Trinajstić information content (AvgIpc) is 2.40. The molecule has 0 aliphatic heterocycles. The molecule has 1 aromatic carbocycles. The Morgan fingerprint density at radius 3 is 2.58 bits per heavy atom. The van der Waals surface area contributed by atoms with Gasteiger partial charge in [-0.1, -0.05) is 15.9 Å². The molecule has 100 valence electrons. The highest BCUT2D eigenvalue weighted by Crippen LogP contribution is 2.28. The van der Waals surface area contributed by atoms with Crippen LogP contribution in [0.3, 0.4) is 0 Å². The van der Waals surface area contributed by atoms with Gasteiger partial charge in [0.05, 0.1) is 0 Å². The SMILES string of the molecule is CC(N)C(Oc1cc(Br)ccc1F)c1ccncc1. The van der Waals surface area contributed by atoms with Gasteiger partial charge >= 0.3 is 0 Å². The van der Waals surface area contributed by atoms with Crippen LogP contribution in [0.25, 0.3) is 0 Å². The lowest BCUT2D eigenvalue weighted by Gasteiger charge is -2.23. The Kier molecular flexibility index (Phi) is 4.50. The zero-order chi connectivity index (χ0) is 13.8. The van der Waals surface area contributed by atoms with E-state index < -0.39 is 11.9 Å². The first-order valence-corrected chi connectivity index (χ1v) is 6.64. The van der Waals surface area contributed by atoms with E-state index in [-0.39, 0.29) is 11.8 Å². The molecule has 3 nitrogen and oxygen atoms in total. The maximum absolute atomic E-state index is 13.7. The second-order valence-electron chi connectivity index (χ2n) is 4.25. The summed E-state index contributed by atoms with van der Waals surface area (Å²) in [5, 5.41) is 0. The quantitative estimate of drug-likeness (QED) is 0.937. The molecule has 2 aromatic rings. The van der Waals surface area contributed by atoms with Gasteiger partial charge in [0.2, 0.25) is 0 Å². The Morgan fingerprint density at radius 2 is 1.95 bits per heavy atom. The highest BCUT2D eigenvalue weighted by Gasteiger charge is 2.19. The number of rotatable bonds is 4. The van der Waals surface area contributed by atoms with E-state index in [9.17, 15) is 4.39 Å². The lowest BCUT2D eigenvalue weighted by atomic mass is 10.1. The normalized spacial score (nSPS) is 13.9. The van der Waals surface area contributed by atoms with Crippen LogP contribution in [0.2, 0.25) is 0 Å². The highest BCUT2D eigenvalue weighted by atomic mass is 79.9. The number of nitrogens with two attached hydrogens (primary N) is 1. The summed E-state index contributed by atoms with van der Waals surface area (Å²) in [4.78, 5) is 3.95. The minimum Gasteiger partial charge on any atom is -0.481 e. The Labute approximate surface area is 119 Å². The van der Waals surface area contributed by atoms with Crippen molar-refractivity contribution in [2.24, 2.45) is 5.73 Å². The van der Waals surface area contributed by atoms with Gasteiger partial charge in [0, 0.05) is 22.9 Å². The van der Waals surface area contributed by atoms with Crippen molar-refractivity contribution in [1.82, 2.24) is 4.98 Å². The summed E-state index contributed by atoms with van der Waals surface area (Å²) in [6.45, 7) is 1.82. The highest BCUT2D eigenvalue weighted by molar-refractivity contribution is 9.10. The Balaban J connectivity index is 2.29. The molecule has 1 aromatic heterocycles. The predicted molar refractivity (Wildman–Crippen MR) is 75.4 cm³/mol. The number of hydrogen-bond acceptors (Lipinski definition) is 3. The maximum atomic E-state index is 13.7. The van der Waals surface area contributed by atoms with E-state index in [1.54, 1.807) is 24.5 Å². The Morgan fingerprint density at radius 1 is 1.26 bits per heavy atom. The molecule has 0 fully saturated rings. The van der Waals surface area contributed by atoms with Crippen LogP contribution in [0.5, 0.6) is 5.75 Å². The molecule has 2 atom stereocenters. The van der Waals surface area contributed by atoms with Gasteiger partial charge in [0.1, 0.15) is 6.10 Å². The van der Waals surface area contributed by atoms with E-state index in [0.717, 1.165) is 10.0 Å². The van der Waals surface area contributed by atoms with Crippen LogP contribution < -0.4 is 10.5 Å². The molecule has 5 heteroatoms. The van der Waals surface area contributed by atoms with Crippen molar-refractivity contribution in [3.63, 3.8) is 0 Å². The van der Waals surface area contributed by atoms with Crippen molar-refractivity contribution in [3.05, 3.63) is 58.6 Å². The summed E-state index contributed by atoms with van der Waals surface area (Å²) in [6.07, 6.45) is 2.89. The van der Waals surface area contributed by atoms with Gasteiger partial charge in [0.15, 0.2) is 11.6 Å². The van der Waals surface area contributed by atoms with Gasteiger partial charge in [-0.15, -0.1) is 0 Å². The van der Waals surface area contributed by atoms with Crippen molar-refractivity contribution < 1.29 is 9.13 Å². The molecule has 0 saturated carbocycles. The zero-order valence-corrected chi connectivity index (χ0v) is 12.0. The first kappa shape index (κ1) is 14.0. The number of benzene rings is 1. The van der Waals surface area contributed by atoms with Crippen molar-refractivity contribution in [2.45, 2.75) is 19.1 Å². The fourth-order valence-corrected chi connectivity index (χ4v) is 2.08. The number of halogens is 2. The molecule has 0 amide bonds. The molecule has 0 aliphatic carbocycles. The number of pyridine rings is 1. The first-order chi connectivity index (χ1) is 9.08. The zero-order valence-electron chi connectivity index (χ0n) is 10.4. The van der Waals surface area contributed by atoms with Crippen LogP contribution in [-0.4, -0.2) is 11.0 Å². The van der Waals surface area contributed by atoms with E-state index in [2.05, 4.69) is 20.9 Å². The Bertz CT molecular complexity index is 548. The topological polar surface area (TPSA) is 48.1 Å². The van der Waals surface area contributed by atoms with Gasteiger partial charge in [0.25, 0.3) is 0 Å². The van der Waals surface area contributed by atoms with E-state index >= 15 is 0 Å². The lowest BCUT2D eigenvalue weighted by molar-refractivity contribution is 0.172. The van der Waals surface area contributed by atoms with Crippen LogP contribution in [0.1, 0.15) is 18.6 Å². The van der Waals surface area contributed by atoms with Gasteiger partial charge in [-0.3, -0.25) is 4.98 Å². The summed E-state index contributed by atoms with van der Waals surface area (Å²) < 4.78 is 20.2. The predicted octanol–water partition coefficient (Wildman–Crippen LogP) is 3.45. The van der Waals surface area contributed by atoms with Gasteiger partial charge in [-0.2, -0.15) is 0 Å². The van der Waals surface area contributed by atoms with E-state index in [4.69, 9.17) is 10.5 Å². The van der Waals surface area contributed by atoms with Gasteiger partial charge in [-0.05, 0) is 42.8 Å². The third-order valence-corrected chi connectivity index (χ3v) is 3.15. The third kappa shape index (κ3) is 3.52. The standard InChI is InChI=1S/C14H14BrFN2O/c1-9(17)14(10-4-6-18-7-5-10)19-13-8-11(15)2-3-12(13)16/h2-9,14H,17H2,1H3. The lowest BCUT2D eigenvalue weighted by Crippen LogP contribution is -2.29. The molecule has 19 heavy (non-hydrogen) atoms. The van der Waals surface area contributed by atoms with Crippen LogP contribution in [0.15, 0.2) is 47.2 Å². The number of hydrogen-bond donors (Lipinski definition) is 1. The van der Waals surface area contributed by atoms with Crippen molar-refractivity contribution >= 4 is 15.9 Å². The average molecular weight is 325 g/mol. The Hall–Kier alpha value is -1.46. The minimum atomic E-state index is -0.424. The minimum absolute atomic E-state index is 0.175. The van der Waals surface area contributed by atoms with Crippen LogP contribution in [0, 0.1) is 5.82 Å². The molecule has 0 aliphatic rings. The molecule has 0 radical (unpaired) electrons. The fraction of sp³-hybridized carbons (Fsp3) is 0.214. The second kappa shape index (κ2) is 6.12. The fourth-order valence-electron chi connectivity index (χ4n) is 1.74. The smallest absolute Gasteiger partial charge is 0.165 e. The van der Waals surface area contributed by atoms with Crippen molar-refractivity contribution in [2.75, 3.05) is 0 Å². The molecule has 0 saturated heterocycles. The summed E-state index contributed by atoms with van der Waals surface area (Å²) in [5.41, 5.74) is 6.79. The second-order valence-corrected chi connectivity index (χ2v) is 5.17. The van der Waals surface area contributed by atoms with Crippen LogP contribution in [-0.2, 0) is 0 Å². The van der Waals surface area contributed by atoms with Crippen molar-refractivity contribution in [1.29, 1.82) is 0 Å². The number of aromatic nitrogens is 1. The molecule has 0 spiro atoms. The summed E-state index contributed by atoms with van der Waals surface area (Å²) in [5.74, 6) is -0.239. The summed E-state index contributed by atoms with van der Waals surface area (Å²) in [7, 11) is 0. The molecular formula is C14H14BrFN2O. The van der Waals surface area contributed by atoms with Crippen LogP contribution in [0.4, 0.5) is 4.39 Å². The van der Waals surface area contributed by atoms with E-state index in [1.165, 1.54) is 6.07 Å². The molecule has 1 heterocycles. The number of ether oxygens (including phenoxy) is 1. The van der Waals surface area contributed by atoms with Gasteiger partial charge < -0.3 is 10.5 Å². The maximum Gasteiger partial charge on any atom is 0.165 e. The molecular weight excluding hydrogens is 311 g/mol. The molecule has 2 unspecified atom stereocenters. The van der Waals surface area contributed by atoms with Gasteiger partial charge in [-0.25, -0.2) is 4.39 Å². The molecule has 2 rings (SSSR count). The monoisotopic (exact) mass is 324 g/mol. The van der Waals surface area contributed by atoms with Crippen molar-refractivity contribution in [3.8, 4) is 5.75 Å². The van der Waals surface area contributed by atoms with E-state index in [1.807, 2.05) is 19.1 Å².